The van der Waals surface area contributed by atoms with Crippen molar-refractivity contribution in [2.45, 2.75) is 12.8 Å². The van der Waals surface area contributed by atoms with Crippen LogP contribution in [0, 0.1) is 0 Å². The Kier molecular flexibility index (Phi) is 4.69. The lowest BCUT2D eigenvalue weighted by atomic mass is 10.2. The van der Waals surface area contributed by atoms with Crippen LogP contribution in [0.4, 0.5) is 0 Å². The van der Waals surface area contributed by atoms with Gasteiger partial charge in [-0.1, -0.05) is 12.1 Å². The molecule has 0 aliphatic rings. The molecule has 0 saturated carbocycles. The molecule has 2 rings (SSSR count). The van der Waals surface area contributed by atoms with E-state index in [0.29, 0.717) is 13.2 Å². The van der Waals surface area contributed by atoms with Gasteiger partial charge in [-0.05, 0) is 24.0 Å². The molecule has 2 aromatic rings. The van der Waals surface area contributed by atoms with E-state index in [9.17, 15) is 9.59 Å². The third kappa shape index (κ3) is 4.56. The highest BCUT2D eigenvalue weighted by molar-refractivity contribution is 5.09. The zero-order valence-electron chi connectivity index (χ0n) is 10.5. The van der Waals surface area contributed by atoms with E-state index < -0.39 is 0 Å². The quantitative estimate of drug-likeness (QED) is 0.757. The van der Waals surface area contributed by atoms with Crippen molar-refractivity contribution in [3.8, 4) is 0 Å². The molecule has 0 spiro atoms. The normalized spacial score (nSPS) is 10.5. The molecule has 2 aromatic heterocycles. The Labute approximate surface area is 110 Å². The predicted molar refractivity (Wildman–Crippen MR) is 72.4 cm³/mol. The minimum atomic E-state index is -0.0947. The van der Waals surface area contributed by atoms with Crippen LogP contribution in [0.1, 0.15) is 11.1 Å². The fraction of sp³-hybridized carbons (Fsp3) is 0.286. The molecule has 0 aliphatic heterocycles. The smallest absolute Gasteiger partial charge is 0.247 e. The molecule has 0 aromatic carbocycles. The zero-order chi connectivity index (χ0) is 13.5. The van der Waals surface area contributed by atoms with E-state index in [1.807, 2.05) is 0 Å². The summed E-state index contributed by atoms with van der Waals surface area (Å²) in [5, 5.41) is 0. The van der Waals surface area contributed by atoms with Crippen molar-refractivity contribution in [1.29, 1.82) is 0 Å². The van der Waals surface area contributed by atoms with Crippen molar-refractivity contribution >= 4 is 0 Å². The summed E-state index contributed by atoms with van der Waals surface area (Å²) in [5.74, 6) is 0. The van der Waals surface area contributed by atoms with Gasteiger partial charge in [0.1, 0.15) is 0 Å². The molecule has 0 aliphatic carbocycles. The van der Waals surface area contributed by atoms with Crippen LogP contribution in [0.2, 0.25) is 0 Å². The molecule has 0 atom stereocenters. The van der Waals surface area contributed by atoms with Crippen LogP contribution in [0.25, 0.3) is 0 Å². The van der Waals surface area contributed by atoms with Crippen molar-refractivity contribution in [2.75, 3.05) is 13.2 Å². The Morgan fingerprint density at radius 1 is 0.789 bits per heavy atom. The Morgan fingerprint density at radius 3 is 1.63 bits per heavy atom. The first-order valence-electron chi connectivity index (χ1n) is 6.17. The van der Waals surface area contributed by atoms with Crippen LogP contribution in [-0.4, -0.2) is 23.2 Å². The highest BCUT2D eigenvalue weighted by Gasteiger charge is 1.96. The minimum absolute atomic E-state index is 0.0947. The standard InChI is InChI=1S/C14H16N2O3/c17-13-3-1-11(9-15-13)5-7-19-8-6-12-2-4-14(18)16-10-12/h1-4,9-10H,5-8H2,(H,15,17)(H,16,18). The maximum atomic E-state index is 10.9. The number of H-pyrrole nitrogens is 2. The molecule has 5 nitrogen and oxygen atoms in total. The summed E-state index contributed by atoms with van der Waals surface area (Å²) in [6.07, 6.45) is 4.94. The maximum absolute atomic E-state index is 10.9. The summed E-state index contributed by atoms with van der Waals surface area (Å²) in [5.41, 5.74) is 1.90. The third-order valence-electron chi connectivity index (χ3n) is 2.77. The number of ether oxygens (including phenoxy) is 1. The molecule has 2 heterocycles. The van der Waals surface area contributed by atoms with Gasteiger partial charge in [-0.3, -0.25) is 9.59 Å². The summed E-state index contributed by atoms with van der Waals surface area (Å²) >= 11 is 0. The molecule has 19 heavy (non-hydrogen) atoms. The second-order valence-electron chi connectivity index (χ2n) is 4.23. The number of aromatic amines is 2. The zero-order valence-corrected chi connectivity index (χ0v) is 10.5. The van der Waals surface area contributed by atoms with Gasteiger partial charge in [-0.2, -0.15) is 0 Å². The predicted octanol–water partition coefficient (Wildman–Crippen LogP) is 0.865. The molecular weight excluding hydrogens is 244 g/mol. The first kappa shape index (κ1) is 13.3. The van der Waals surface area contributed by atoms with Crippen molar-refractivity contribution in [3.05, 3.63) is 68.5 Å². The Morgan fingerprint density at radius 2 is 1.26 bits per heavy atom. The molecule has 0 radical (unpaired) electrons. The monoisotopic (exact) mass is 260 g/mol. The topological polar surface area (TPSA) is 75.0 Å². The van der Waals surface area contributed by atoms with E-state index in [1.54, 1.807) is 24.5 Å². The second kappa shape index (κ2) is 6.70. The van der Waals surface area contributed by atoms with Gasteiger partial charge >= 0.3 is 0 Å². The van der Waals surface area contributed by atoms with Gasteiger partial charge in [0.15, 0.2) is 0 Å². The number of hydrogen-bond acceptors (Lipinski definition) is 3. The first-order chi connectivity index (χ1) is 9.24. The molecule has 0 saturated heterocycles. The SMILES string of the molecule is O=c1ccc(CCOCCc2ccc(=O)[nH]c2)c[nH]1. The lowest BCUT2D eigenvalue weighted by Crippen LogP contribution is -2.07. The highest BCUT2D eigenvalue weighted by atomic mass is 16.5. The average molecular weight is 260 g/mol. The molecule has 100 valence electrons. The number of hydrogen-bond donors (Lipinski definition) is 2. The number of pyridine rings is 2. The van der Waals surface area contributed by atoms with Crippen LogP contribution in [0.15, 0.2) is 46.2 Å². The van der Waals surface area contributed by atoms with E-state index >= 15 is 0 Å². The van der Waals surface area contributed by atoms with E-state index in [1.165, 1.54) is 12.1 Å². The Hall–Kier alpha value is -2.14. The summed E-state index contributed by atoms with van der Waals surface area (Å²) in [6.45, 7) is 1.21. The van der Waals surface area contributed by atoms with Gasteiger partial charge in [0, 0.05) is 24.5 Å². The minimum Gasteiger partial charge on any atom is -0.381 e. The second-order valence-corrected chi connectivity index (χ2v) is 4.23. The van der Waals surface area contributed by atoms with Crippen molar-refractivity contribution in [1.82, 2.24) is 9.97 Å². The molecule has 0 amide bonds. The third-order valence-corrected chi connectivity index (χ3v) is 2.77. The summed E-state index contributed by atoms with van der Waals surface area (Å²) in [4.78, 5) is 27.0. The summed E-state index contributed by atoms with van der Waals surface area (Å²) < 4.78 is 5.52. The molecule has 0 unspecified atom stereocenters. The average Bonchev–Trinajstić information content (AvgIpc) is 2.43. The number of nitrogens with one attached hydrogen (secondary N) is 2. The molecule has 0 fully saturated rings. The highest BCUT2D eigenvalue weighted by Crippen LogP contribution is 1.98. The fourth-order valence-electron chi connectivity index (χ4n) is 1.68. The van der Waals surface area contributed by atoms with Crippen LogP contribution >= 0.6 is 0 Å². The van der Waals surface area contributed by atoms with Crippen LogP contribution in [0.5, 0.6) is 0 Å². The lowest BCUT2D eigenvalue weighted by molar-refractivity contribution is 0.140. The van der Waals surface area contributed by atoms with Gasteiger partial charge < -0.3 is 14.7 Å². The summed E-state index contributed by atoms with van der Waals surface area (Å²) in [6, 6.07) is 6.61. The van der Waals surface area contributed by atoms with E-state index in [4.69, 9.17) is 4.74 Å². The fourth-order valence-corrected chi connectivity index (χ4v) is 1.68. The molecule has 0 bridgehead atoms. The molecular formula is C14H16N2O3. The summed E-state index contributed by atoms with van der Waals surface area (Å²) in [7, 11) is 0. The van der Waals surface area contributed by atoms with Crippen LogP contribution in [0.3, 0.4) is 0 Å². The van der Waals surface area contributed by atoms with Gasteiger partial charge in [0.2, 0.25) is 11.1 Å². The number of rotatable bonds is 6. The van der Waals surface area contributed by atoms with Gasteiger partial charge in [-0.15, -0.1) is 0 Å². The van der Waals surface area contributed by atoms with Crippen molar-refractivity contribution in [3.63, 3.8) is 0 Å². The van der Waals surface area contributed by atoms with Gasteiger partial charge in [0.25, 0.3) is 0 Å². The molecule has 2 N–H and O–H groups in total. The lowest BCUT2D eigenvalue weighted by Gasteiger charge is -2.04. The van der Waals surface area contributed by atoms with E-state index in [-0.39, 0.29) is 11.1 Å². The van der Waals surface area contributed by atoms with E-state index in [2.05, 4.69) is 9.97 Å². The first-order valence-corrected chi connectivity index (χ1v) is 6.17. The maximum Gasteiger partial charge on any atom is 0.247 e. The van der Waals surface area contributed by atoms with Crippen LogP contribution in [-0.2, 0) is 17.6 Å². The largest absolute Gasteiger partial charge is 0.381 e. The van der Waals surface area contributed by atoms with E-state index in [0.717, 1.165) is 24.0 Å². The van der Waals surface area contributed by atoms with Crippen molar-refractivity contribution < 1.29 is 4.74 Å². The Balaban J connectivity index is 1.67. The Bertz CT molecular complexity index is 535. The van der Waals surface area contributed by atoms with Crippen LogP contribution < -0.4 is 11.1 Å². The number of aromatic nitrogens is 2. The van der Waals surface area contributed by atoms with Gasteiger partial charge in [-0.25, -0.2) is 0 Å². The van der Waals surface area contributed by atoms with Gasteiger partial charge in [0.05, 0.1) is 13.2 Å². The molecule has 5 heteroatoms. The van der Waals surface area contributed by atoms with Crippen molar-refractivity contribution in [2.24, 2.45) is 0 Å².